The van der Waals surface area contributed by atoms with E-state index in [-0.39, 0.29) is 0 Å². The molecule has 1 N–H and O–H groups in total. The Morgan fingerprint density at radius 3 is 2.50 bits per heavy atom. The van der Waals surface area contributed by atoms with Crippen LogP contribution in [0.3, 0.4) is 0 Å². The zero-order valence-corrected chi connectivity index (χ0v) is 8.43. The van der Waals surface area contributed by atoms with Gasteiger partial charge in [-0.1, -0.05) is 6.92 Å². The van der Waals surface area contributed by atoms with Crippen LogP contribution in [0.5, 0.6) is 0 Å². The molecule has 0 heterocycles. The van der Waals surface area contributed by atoms with Gasteiger partial charge in [-0.25, -0.2) is 0 Å². The fourth-order valence-electron chi connectivity index (χ4n) is 1.05. The maximum absolute atomic E-state index is 5.08. The normalized spacial score (nSPS) is 13.2. The molecule has 0 aliphatic carbocycles. The first-order valence-electron chi connectivity index (χ1n) is 4.56. The maximum Gasteiger partial charge on any atom is 0.0616 e. The van der Waals surface area contributed by atoms with Gasteiger partial charge in [-0.05, 0) is 19.4 Å². The molecule has 0 saturated heterocycles. The number of nitrogens with one attached hydrogen (secondary N) is 1. The summed E-state index contributed by atoms with van der Waals surface area (Å²) in [4.78, 5) is 0. The van der Waals surface area contributed by atoms with Crippen LogP contribution in [0.1, 0.15) is 19.8 Å². The Kier molecular flexibility index (Phi) is 8.88. The highest BCUT2D eigenvalue weighted by molar-refractivity contribution is 4.64. The average molecular weight is 175 g/mol. The Morgan fingerprint density at radius 1 is 1.25 bits per heavy atom. The molecule has 0 aliphatic rings. The smallest absolute Gasteiger partial charge is 0.0616 e. The predicted molar refractivity (Wildman–Crippen MR) is 50.5 cm³/mol. The third-order valence-corrected chi connectivity index (χ3v) is 1.72. The molecule has 3 nitrogen and oxygen atoms in total. The summed E-state index contributed by atoms with van der Waals surface area (Å²) in [6, 6.07) is 0.440. The summed E-state index contributed by atoms with van der Waals surface area (Å²) in [6.07, 6.45) is 2.18. The van der Waals surface area contributed by atoms with Crippen LogP contribution in [0.25, 0.3) is 0 Å². The fourth-order valence-corrected chi connectivity index (χ4v) is 1.05. The van der Waals surface area contributed by atoms with Gasteiger partial charge in [0, 0.05) is 26.9 Å². The van der Waals surface area contributed by atoms with E-state index < -0.39 is 0 Å². The van der Waals surface area contributed by atoms with Crippen molar-refractivity contribution in [1.82, 2.24) is 5.32 Å². The molecule has 1 unspecified atom stereocenters. The molecule has 0 spiro atoms. The molecule has 0 fully saturated rings. The quantitative estimate of drug-likeness (QED) is 0.598. The van der Waals surface area contributed by atoms with Crippen molar-refractivity contribution < 1.29 is 9.47 Å². The fraction of sp³-hybridized carbons (Fsp3) is 1.00. The van der Waals surface area contributed by atoms with Gasteiger partial charge in [0.25, 0.3) is 0 Å². The van der Waals surface area contributed by atoms with E-state index in [4.69, 9.17) is 9.47 Å². The monoisotopic (exact) mass is 175 g/mol. The highest BCUT2D eigenvalue weighted by Crippen LogP contribution is 1.93. The molecule has 0 bridgehead atoms. The molecule has 1 atom stereocenters. The number of rotatable bonds is 8. The molecule has 3 heteroatoms. The Hall–Kier alpha value is -0.120. The van der Waals surface area contributed by atoms with E-state index in [2.05, 4.69) is 12.2 Å². The first-order chi connectivity index (χ1) is 5.85. The molecule has 0 saturated carbocycles. The van der Waals surface area contributed by atoms with Gasteiger partial charge in [-0.2, -0.15) is 0 Å². The standard InChI is InChI=1S/C9H21NO2/c1-4-6-10-9(8-12-3)5-7-11-2/h9-10H,4-8H2,1-3H3. The molecule has 0 aromatic carbocycles. The molecule has 0 aromatic rings. The van der Waals surface area contributed by atoms with E-state index in [1.165, 1.54) is 0 Å². The molecule has 0 amide bonds. The highest BCUT2D eigenvalue weighted by atomic mass is 16.5. The Balaban J connectivity index is 3.40. The number of hydrogen-bond donors (Lipinski definition) is 1. The van der Waals surface area contributed by atoms with Crippen molar-refractivity contribution in [2.24, 2.45) is 0 Å². The summed E-state index contributed by atoms with van der Waals surface area (Å²) in [7, 11) is 3.46. The lowest BCUT2D eigenvalue weighted by atomic mass is 10.2. The predicted octanol–water partition coefficient (Wildman–Crippen LogP) is 1.04. The summed E-state index contributed by atoms with van der Waals surface area (Å²) < 4.78 is 10.1. The Morgan fingerprint density at radius 2 is 2.00 bits per heavy atom. The summed E-state index contributed by atoms with van der Waals surface area (Å²) in [5.74, 6) is 0. The Bertz CT molecular complexity index is 80.6. The zero-order chi connectivity index (χ0) is 9.23. The average Bonchev–Trinajstić information content (AvgIpc) is 2.10. The van der Waals surface area contributed by atoms with Crippen molar-refractivity contribution in [1.29, 1.82) is 0 Å². The lowest BCUT2D eigenvalue weighted by Gasteiger charge is -2.16. The van der Waals surface area contributed by atoms with Gasteiger partial charge in [-0.15, -0.1) is 0 Å². The molecule has 74 valence electrons. The van der Waals surface area contributed by atoms with Crippen LogP contribution in [0.4, 0.5) is 0 Å². The molecular weight excluding hydrogens is 154 g/mol. The largest absolute Gasteiger partial charge is 0.385 e. The van der Waals surface area contributed by atoms with Gasteiger partial charge in [0.2, 0.25) is 0 Å². The second-order valence-electron chi connectivity index (χ2n) is 2.89. The van der Waals surface area contributed by atoms with Crippen molar-refractivity contribution in [3.63, 3.8) is 0 Å². The lowest BCUT2D eigenvalue weighted by Crippen LogP contribution is -2.34. The van der Waals surface area contributed by atoms with E-state index >= 15 is 0 Å². The van der Waals surface area contributed by atoms with Crippen molar-refractivity contribution in [3.05, 3.63) is 0 Å². The van der Waals surface area contributed by atoms with Gasteiger partial charge in [-0.3, -0.25) is 0 Å². The van der Waals surface area contributed by atoms with Crippen molar-refractivity contribution in [2.45, 2.75) is 25.8 Å². The number of ether oxygens (including phenoxy) is 2. The summed E-state index contributed by atoms with van der Waals surface area (Å²) in [5.41, 5.74) is 0. The molecule has 0 rings (SSSR count). The maximum atomic E-state index is 5.08. The topological polar surface area (TPSA) is 30.5 Å². The number of methoxy groups -OCH3 is 2. The van der Waals surface area contributed by atoms with Crippen LogP contribution in [-0.2, 0) is 9.47 Å². The summed E-state index contributed by atoms with van der Waals surface area (Å²) in [5, 5.41) is 3.40. The first kappa shape index (κ1) is 11.9. The van der Waals surface area contributed by atoms with Crippen LogP contribution in [0.2, 0.25) is 0 Å². The van der Waals surface area contributed by atoms with Crippen LogP contribution in [0, 0.1) is 0 Å². The van der Waals surface area contributed by atoms with Gasteiger partial charge < -0.3 is 14.8 Å². The van der Waals surface area contributed by atoms with Crippen LogP contribution in [0.15, 0.2) is 0 Å². The third kappa shape index (κ3) is 6.58. The third-order valence-electron chi connectivity index (χ3n) is 1.72. The highest BCUT2D eigenvalue weighted by Gasteiger charge is 2.05. The van der Waals surface area contributed by atoms with E-state index in [1.54, 1.807) is 14.2 Å². The lowest BCUT2D eigenvalue weighted by molar-refractivity contribution is 0.132. The molecular formula is C9H21NO2. The van der Waals surface area contributed by atoms with E-state index in [9.17, 15) is 0 Å². The summed E-state index contributed by atoms with van der Waals surface area (Å²) in [6.45, 7) is 4.78. The molecule has 12 heavy (non-hydrogen) atoms. The van der Waals surface area contributed by atoms with Gasteiger partial charge in [0.05, 0.1) is 6.61 Å². The van der Waals surface area contributed by atoms with Crippen molar-refractivity contribution in [2.75, 3.05) is 34.0 Å². The minimum absolute atomic E-state index is 0.440. The summed E-state index contributed by atoms with van der Waals surface area (Å²) >= 11 is 0. The second kappa shape index (κ2) is 8.97. The van der Waals surface area contributed by atoms with Crippen molar-refractivity contribution in [3.8, 4) is 0 Å². The second-order valence-corrected chi connectivity index (χ2v) is 2.89. The van der Waals surface area contributed by atoms with E-state index in [0.29, 0.717) is 6.04 Å². The van der Waals surface area contributed by atoms with Crippen LogP contribution >= 0.6 is 0 Å². The number of hydrogen-bond acceptors (Lipinski definition) is 3. The van der Waals surface area contributed by atoms with E-state index in [0.717, 1.165) is 32.6 Å². The van der Waals surface area contributed by atoms with Crippen LogP contribution in [-0.4, -0.2) is 40.0 Å². The minimum atomic E-state index is 0.440. The van der Waals surface area contributed by atoms with Gasteiger partial charge >= 0.3 is 0 Å². The molecule has 0 aliphatic heterocycles. The SMILES string of the molecule is CCCNC(CCOC)COC. The van der Waals surface area contributed by atoms with Crippen molar-refractivity contribution >= 4 is 0 Å². The zero-order valence-electron chi connectivity index (χ0n) is 8.43. The van der Waals surface area contributed by atoms with Gasteiger partial charge in [0.1, 0.15) is 0 Å². The van der Waals surface area contributed by atoms with Gasteiger partial charge in [0.15, 0.2) is 0 Å². The molecule has 0 radical (unpaired) electrons. The van der Waals surface area contributed by atoms with Crippen LogP contribution < -0.4 is 5.32 Å². The minimum Gasteiger partial charge on any atom is -0.385 e. The first-order valence-corrected chi connectivity index (χ1v) is 4.56. The Labute approximate surface area is 75.4 Å². The molecule has 0 aromatic heterocycles. The van der Waals surface area contributed by atoms with E-state index in [1.807, 2.05) is 0 Å².